The molecule has 0 N–H and O–H groups in total. The first kappa shape index (κ1) is 65.1. The molecule has 396 valence electrons. The Labute approximate surface area is 418 Å². The molecule has 0 saturated carbocycles. The number of allylic oxidation sites excluding steroid dienone is 2. The van der Waals surface area contributed by atoms with Crippen LogP contribution in [0.3, 0.4) is 0 Å². The van der Waals surface area contributed by atoms with E-state index >= 15 is 0 Å². The lowest BCUT2D eigenvalue weighted by molar-refractivity contribution is -0.167. The molecule has 0 aliphatic heterocycles. The zero-order valence-electron chi connectivity index (χ0n) is 45.5. The molecule has 0 saturated heterocycles. The quantitative estimate of drug-likeness (QED) is 0.0262. The van der Waals surface area contributed by atoms with E-state index in [2.05, 4.69) is 32.9 Å². The van der Waals surface area contributed by atoms with E-state index in [-0.39, 0.29) is 31.1 Å². The summed E-state index contributed by atoms with van der Waals surface area (Å²) >= 11 is 0. The first-order valence-corrected chi connectivity index (χ1v) is 30.2. The van der Waals surface area contributed by atoms with Gasteiger partial charge in [-0.15, -0.1) is 0 Å². The molecule has 0 aromatic rings. The van der Waals surface area contributed by atoms with Crippen molar-refractivity contribution < 1.29 is 28.6 Å². The van der Waals surface area contributed by atoms with Gasteiger partial charge in [0, 0.05) is 19.3 Å². The predicted octanol–water partition coefficient (Wildman–Crippen LogP) is 20.1. The van der Waals surface area contributed by atoms with Crippen molar-refractivity contribution >= 4 is 17.9 Å². The molecule has 0 bridgehead atoms. The summed E-state index contributed by atoms with van der Waals surface area (Å²) in [5.74, 6) is -0.854. The number of carbonyl (C=O) groups is 3. The molecule has 0 aromatic carbocycles. The summed E-state index contributed by atoms with van der Waals surface area (Å²) in [6, 6.07) is 0. The number of unbranched alkanes of at least 4 members (excludes halogenated alkanes) is 43. The third kappa shape index (κ3) is 55.0. The fourth-order valence-corrected chi connectivity index (χ4v) is 9.19. The minimum atomic E-state index is -0.767. The normalized spacial score (nSPS) is 12.0. The third-order valence-corrected chi connectivity index (χ3v) is 13.8. The van der Waals surface area contributed by atoms with Crippen LogP contribution in [0, 0.1) is 0 Å². The Hall–Kier alpha value is -1.85. The lowest BCUT2D eigenvalue weighted by Gasteiger charge is -2.18. The van der Waals surface area contributed by atoms with Crippen molar-refractivity contribution in [2.45, 2.75) is 348 Å². The zero-order valence-corrected chi connectivity index (χ0v) is 45.5. The standard InChI is InChI=1S/C61H116O6/c1-4-7-10-13-16-19-22-24-25-26-27-28-29-30-31-32-33-34-35-37-39-42-45-48-51-54-60(63)66-57-58(56-65-59(62)53-50-47-44-41-38-21-18-15-12-9-6-3)67-61(64)55-52-49-46-43-40-36-23-20-17-14-11-8-5-2/h15,18,58H,4-14,16-17,19-57H2,1-3H3/b18-15-. The molecule has 0 aliphatic carbocycles. The molecule has 67 heavy (non-hydrogen) atoms. The molecule has 0 fully saturated rings. The smallest absolute Gasteiger partial charge is 0.306 e. The first-order valence-electron chi connectivity index (χ1n) is 30.2. The van der Waals surface area contributed by atoms with E-state index in [0.717, 1.165) is 64.2 Å². The highest BCUT2D eigenvalue weighted by Crippen LogP contribution is 2.18. The predicted molar refractivity (Wildman–Crippen MR) is 289 cm³/mol. The van der Waals surface area contributed by atoms with Crippen LogP contribution >= 0.6 is 0 Å². The van der Waals surface area contributed by atoms with Crippen LogP contribution in [0.1, 0.15) is 342 Å². The molecule has 0 heterocycles. The van der Waals surface area contributed by atoms with Crippen molar-refractivity contribution in [3.63, 3.8) is 0 Å². The monoisotopic (exact) mass is 945 g/mol. The minimum absolute atomic E-state index is 0.0667. The second-order valence-corrected chi connectivity index (χ2v) is 20.6. The first-order chi connectivity index (χ1) is 33.0. The average Bonchev–Trinajstić information content (AvgIpc) is 3.33. The van der Waals surface area contributed by atoms with Gasteiger partial charge in [0.05, 0.1) is 0 Å². The Kier molecular flexibility index (Phi) is 55.2. The van der Waals surface area contributed by atoms with Crippen LogP contribution in [0.15, 0.2) is 12.2 Å². The van der Waals surface area contributed by atoms with E-state index in [0.29, 0.717) is 19.3 Å². The van der Waals surface area contributed by atoms with Crippen LogP contribution in [-0.4, -0.2) is 37.2 Å². The Morgan fingerprint density at radius 2 is 0.507 bits per heavy atom. The Balaban J connectivity index is 4.13. The van der Waals surface area contributed by atoms with E-state index in [9.17, 15) is 14.4 Å². The molecule has 6 heteroatoms. The van der Waals surface area contributed by atoms with E-state index < -0.39 is 6.10 Å². The van der Waals surface area contributed by atoms with Gasteiger partial charge in [0.25, 0.3) is 0 Å². The van der Waals surface area contributed by atoms with Crippen LogP contribution in [0.5, 0.6) is 0 Å². The SMILES string of the molecule is CCCC/C=C\CCCCCCCC(=O)OCC(COC(=O)CCCCCCCCCCCCCCCCCCCCCCCCCCC)OC(=O)CCCCCCCCCCCCCCC. The van der Waals surface area contributed by atoms with Gasteiger partial charge in [0.2, 0.25) is 0 Å². The van der Waals surface area contributed by atoms with Gasteiger partial charge in [0.15, 0.2) is 6.10 Å². The number of carbonyl (C=O) groups excluding carboxylic acids is 3. The molecular weight excluding hydrogens is 829 g/mol. The van der Waals surface area contributed by atoms with Crippen molar-refractivity contribution in [1.82, 2.24) is 0 Å². The van der Waals surface area contributed by atoms with Crippen LogP contribution in [0.25, 0.3) is 0 Å². The molecule has 0 aliphatic rings. The highest BCUT2D eigenvalue weighted by atomic mass is 16.6. The maximum Gasteiger partial charge on any atom is 0.306 e. The highest BCUT2D eigenvalue weighted by Gasteiger charge is 2.19. The largest absolute Gasteiger partial charge is 0.462 e. The number of hydrogen-bond acceptors (Lipinski definition) is 6. The molecule has 0 aromatic heterocycles. The summed E-state index contributed by atoms with van der Waals surface area (Å²) in [7, 11) is 0. The van der Waals surface area contributed by atoms with Crippen LogP contribution in [-0.2, 0) is 28.6 Å². The molecule has 0 amide bonds. The number of ether oxygens (including phenoxy) is 3. The third-order valence-electron chi connectivity index (χ3n) is 13.8. The summed E-state index contributed by atoms with van der Waals surface area (Å²) in [6.45, 7) is 6.65. The second kappa shape index (κ2) is 56.7. The summed E-state index contributed by atoms with van der Waals surface area (Å²) in [4.78, 5) is 38.1. The summed E-state index contributed by atoms with van der Waals surface area (Å²) in [6.07, 6.45) is 65.1. The molecular formula is C61H116O6. The minimum Gasteiger partial charge on any atom is -0.462 e. The number of esters is 3. The van der Waals surface area contributed by atoms with Crippen LogP contribution < -0.4 is 0 Å². The molecule has 1 atom stereocenters. The summed E-state index contributed by atoms with van der Waals surface area (Å²) < 4.78 is 16.9. The lowest BCUT2D eigenvalue weighted by atomic mass is 10.0. The fraction of sp³-hybridized carbons (Fsp3) is 0.918. The van der Waals surface area contributed by atoms with Crippen LogP contribution in [0.4, 0.5) is 0 Å². The molecule has 0 spiro atoms. The Bertz CT molecular complexity index is 1040. The van der Waals surface area contributed by atoms with Gasteiger partial charge in [-0.1, -0.05) is 296 Å². The number of hydrogen-bond donors (Lipinski definition) is 0. The van der Waals surface area contributed by atoms with E-state index in [1.165, 1.54) is 238 Å². The van der Waals surface area contributed by atoms with E-state index in [1.54, 1.807) is 0 Å². The topological polar surface area (TPSA) is 78.9 Å². The molecule has 0 radical (unpaired) electrons. The van der Waals surface area contributed by atoms with Gasteiger partial charge in [-0.3, -0.25) is 14.4 Å². The Morgan fingerprint density at radius 3 is 0.791 bits per heavy atom. The van der Waals surface area contributed by atoms with Crippen molar-refractivity contribution in [1.29, 1.82) is 0 Å². The molecule has 1 unspecified atom stereocenters. The van der Waals surface area contributed by atoms with Gasteiger partial charge in [0.1, 0.15) is 13.2 Å². The van der Waals surface area contributed by atoms with Crippen molar-refractivity contribution in [3.05, 3.63) is 12.2 Å². The van der Waals surface area contributed by atoms with E-state index in [4.69, 9.17) is 14.2 Å². The molecule has 0 rings (SSSR count). The van der Waals surface area contributed by atoms with Gasteiger partial charge in [-0.05, 0) is 38.5 Å². The fourth-order valence-electron chi connectivity index (χ4n) is 9.19. The number of rotatable bonds is 56. The van der Waals surface area contributed by atoms with Crippen molar-refractivity contribution in [2.24, 2.45) is 0 Å². The molecule has 6 nitrogen and oxygen atoms in total. The highest BCUT2D eigenvalue weighted by molar-refractivity contribution is 5.71. The zero-order chi connectivity index (χ0) is 48.6. The van der Waals surface area contributed by atoms with Gasteiger partial charge >= 0.3 is 17.9 Å². The van der Waals surface area contributed by atoms with Gasteiger partial charge in [-0.25, -0.2) is 0 Å². The average molecular weight is 946 g/mol. The maximum absolute atomic E-state index is 12.8. The summed E-state index contributed by atoms with van der Waals surface area (Å²) in [5, 5.41) is 0. The Morgan fingerprint density at radius 1 is 0.284 bits per heavy atom. The summed E-state index contributed by atoms with van der Waals surface area (Å²) in [5.41, 5.74) is 0. The van der Waals surface area contributed by atoms with Crippen molar-refractivity contribution in [3.8, 4) is 0 Å². The maximum atomic E-state index is 12.8. The second-order valence-electron chi connectivity index (χ2n) is 20.6. The van der Waals surface area contributed by atoms with E-state index in [1.807, 2.05) is 0 Å². The van der Waals surface area contributed by atoms with Gasteiger partial charge < -0.3 is 14.2 Å². The van der Waals surface area contributed by atoms with Crippen LogP contribution in [0.2, 0.25) is 0 Å². The van der Waals surface area contributed by atoms with Gasteiger partial charge in [-0.2, -0.15) is 0 Å². The lowest BCUT2D eigenvalue weighted by Crippen LogP contribution is -2.30. The van der Waals surface area contributed by atoms with Crippen molar-refractivity contribution in [2.75, 3.05) is 13.2 Å².